The highest BCUT2D eigenvalue weighted by Gasteiger charge is 2.32. The maximum absolute atomic E-state index is 6.18. The minimum Gasteiger partial charge on any atom is -0.380 e. The van der Waals surface area contributed by atoms with Gasteiger partial charge in [-0.05, 0) is 47.6 Å². The van der Waals surface area contributed by atoms with Crippen molar-refractivity contribution in [1.82, 2.24) is 0 Å². The van der Waals surface area contributed by atoms with Crippen molar-refractivity contribution in [3.05, 3.63) is 53.6 Å². The van der Waals surface area contributed by atoms with Crippen molar-refractivity contribution < 1.29 is 4.74 Å². The van der Waals surface area contributed by atoms with Crippen molar-refractivity contribution in [2.24, 2.45) is 0 Å². The molecule has 1 heterocycles. The van der Waals surface area contributed by atoms with Crippen LogP contribution >= 0.6 is 0 Å². The summed E-state index contributed by atoms with van der Waals surface area (Å²) >= 11 is 0. The van der Waals surface area contributed by atoms with Gasteiger partial charge in [-0.1, -0.05) is 48.6 Å². The van der Waals surface area contributed by atoms with Crippen LogP contribution in [-0.2, 0) is 4.74 Å². The average Bonchev–Trinajstić information content (AvgIpc) is 2.51. The number of allylic oxidation sites excluding steroid dienone is 1. The topological polar surface area (TPSA) is 9.23 Å². The van der Waals surface area contributed by atoms with Crippen LogP contribution in [0.4, 0.5) is 0 Å². The van der Waals surface area contributed by atoms with Crippen LogP contribution in [0.3, 0.4) is 0 Å². The molecule has 2 aromatic rings. The van der Waals surface area contributed by atoms with Gasteiger partial charge in [0.15, 0.2) is 0 Å². The molecule has 2 heteroatoms. The first-order chi connectivity index (χ1) is 10.3. The van der Waals surface area contributed by atoms with Gasteiger partial charge in [0, 0.05) is 28.0 Å². The highest BCUT2D eigenvalue weighted by Crippen LogP contribution is 2.40. The zero-order valence-corrected chi connectivity index (χ0v) is 14.6. The maximum atomic E-state index is 6.18. The molecule has 1 fully saturated rings. The Morgan fingerprint density at radius 1 is 1.14 bits per heavy atom. The van der Waals surface area contributed by atoms with Crippen LogP contribution in [0.5, 0.6) is 0 Å². The summed E-state index contributed by atoms with van der Waals surface area (Å²) in [5, 5.41) is 3.00. The monoisotopic (exact) mass is 294 g/mol. The van der Waals surface area contributed by atoms with Gasteiger partial charge in [0.05, 0.1) is 0 Å². The van der Waals surface area contributed by atoms with E-state index in [0.29, 0.717) is 5.92 Å². The minimum absolute atomic E-state index is 0.182. The van der Waals surface area contributed by atoms with Gasteiger partial charge < -0.3 is 4.74 Å². The molecular weight excluding hydrogens is 272 g/mol. The molecule has 0 radical (unpaired) electrons. The molecule has 21 heavy (non-hydrogen) atoms. The van der Waals surface area contributed by atoms with Gasteiger partial charge in [0.25, 0.3) is 0 Å². The van der Waals surface area contributed by atoms with Crippen molar-refractivity contribution in [3.63, 3.8) is 0 Å². The zero-order chi connectivity index (χ0) is 14.3. The van der Waals surface area contributed by atoms with E-state index in [9.17, 15) is 0 Å². The third-order valence-electron chi connectivity index (χ3n) is 5.08. The SMILES string of the molecule is [SiH3]C1(CC2C=Cc3cccc4cccc2c34)CCCCO1. The van der Waals surface area contributed by atoms with E-state index in [0.717, 1.165) is 23.3 Å². The van der Waals surface area contributed by atoms with E-state index >= 15 is 0 Å². The predicted octanol–water partition coefficient (Wildman–Crippen LogP) is 3.60. The number of hydrogen-bond acceptors (Lipinski definition) is 1. The number of ether oxygens (including phenoxy) is 1. The predicted molar refractivity (Wildman–Crippen MR) is 92.8 cm³/mol. The summed E-state index contributed by atoms with van der Waals surface area (Å²) in [6, 6.07) is 13.4. The van der Waals surface area contributed by atoms with E-state index in [2.05, 4.69) is 48.6 Å². The molecule has 2 aromatic carbocycles. The van der Waals surface area contributed by atoms with Crippen molar-refractivity contribution in [2.45, 2.75) is 36.8 Å². The average molecular weight is 294 g/mol. The highest BCUT2D eigenvalue weighted by atomic mass is 28.1. The summed E-state index contributed by atoms with van der Waals surface area (Å²) in [6.45, 7) is 0.959. The van der Waals surface area contributed by atoms with Gasteiger partial charge in [-0.25, -0.2) is 0 Å². The van der Waals surface area contributed by atoms with Crippen LogP contribution in [-0.4, -0.2) is 22.1 Å². The van der Waals surface area contributed by atoms with Crippen molar-refractivity contribution >= 4 is 27.1 Å². The molecule has 1 nitrogen and oxygen atoms in total. The lowest BCUT2D eigenvalue weighted by Gasteiger charge is -2.37. The number of rotatable bonds is 2. The summed E-state index contributed by atoms with van der Waals surface area (Å²) in [6.07, 6.45) is 9.69. The Morgan fingerprint density at radius 2 is 2.00 bits per heavy atom. The molecule has 0 N–H and O–H groups in total. The van der Waals surface area contributed by atoms with Gasteiger partial charge in [0.2, 0.25) is 0 Å². The zero-order valence-electron chi connectivity index (χ0n) is 12.6. The fourth-order valence-corrected chi connectivity index (χ4v) is 4.96. The Morgan fingerprint density at radius 3 is 2.81 bits per heavy atom. The van der Waals surface area contributed by atoms with Gasteiger partial charge >= 0.3 is 0 Å². The molecule has 1 aliphatic carbocycles. The van der Waals surface area contributed by atoms with E-state index in [1.165, 1.54) is 41.2 Å². The Kier molecular flexibility index (Phi) is 3.24. The first-order valence-corrected chi connectivity index (χ1v) is 9.09. The van der Waals surface area contributed by atoms with Crippen molar-refractivity contribution in [3.8, 4) is 0 Å². The van der Waals surface area contributed by atoms with Crippen LogP contribution in [0, 0.1) is 0 Å². The second-order valence-corrected chi connectivity index (χ2v) is 8.54. The molecule has 2 unspecified atom stereocenters. The molecule has 2 atom stereocenters. The summed E-state index contributed by atoms with van der Waals surface area (Å²) in [5.74, 6) is 0.513. The molecular formula is C19H22OSi. The third-order valence-corrected chi connectivity index (χ3v) is 6.28. The van der Waals surface area contributed by atoms with Gasteiger partial charge in [-0.2, -0.15) is 0 Å². The standard InChI is InChI=1S/C19H22OSi/c21-19(11-1-2-12-20-19)13-16-10-9-15-6-3-5-14-7-4-8-17(16)18(14)15/h3-10,16H,1-2,11-13H2,21H3. The first kappa shape index (κ1) is 13.3. The molecule has 0 spiro atoms. The third kappa shape index (κ3) is 2.37. The minimum atomic E-state index is 0.182. The molecule has 1 aliphatic heterocycles. The van der Waals surface area contributed by atoms with Crippen LogP contribution in [0.15, 0.2) is 42.5 Å². The fourth-order valence-electron chi connectivity index (χ4n) is 3.97. The lowest BCUT2D eigenvalue weighted by molar-refractivity contribution is -0.0244. The normalized spacial score (nSPS) is 28.1. The van der Waals surface area contributed by atoms with Crippen molar-refractivity contribution in [2.75, 3.05) is 6.61 Å². The molecule has 4 rings (SSSR count). The van der Waals surface area contributed by atoms with E-state index in [-0.39, 0.29) is 5.22 Å². The second-order valence-electron chi connectivity index (χ2n) is 6.72. The molecule has 0 bridgehead atoms. The summed E-state index contributed by atoms with van der Waals surface area (Å²) in [4.78, 5) is 0. The van der Waals surface area contributed by atoms with Crippen LogP contribution in [0.1, 0.15) is 42.7 Å². The Labute approximate surface area is 129 Å². The van der Waals surface area contributed by atoms with E-state index in [1.807, 2.05) is 0 Å². The largest absolute Gasteiger partial charge is 0.380 e. The molecule has 108 valence electrons. The van der Waals surface area contributed by atoms with E-state index in [1.54, 1.807) is 0 Å². The van der Waals surface area contributed by atoms with Gasteiger partial charge in [-0.15, -0.1) is 0 Å². The van der Waals surface area contributed by atoms with Crippen LogP contribution in [0.2, 0.25) is 0 Å². The Hall–Kier alpha value is -1.38. The Balaban J connectivity index is 1.73. The molecule has 2 aliphatic rings. The summed E-state index contributed by atoms with van der Waals surface area (Å²) < 4.78 is 6.18. The van der Waals surface area contributed by atoms with Crippen LogP contribution in [0.25, 0.3) is 16.8 Å². The quantitative estimate of drug-likeness (QED) is 0.769. The fraction of sp³-hybridized carbons (Fsp3) is 0.368. The van der Waals surface area contributed by atoms with Gasteiger partial charge in [0.1, 0.15) is 0 Å². The first-order valence-electron chi connectivity index (χ1n) is 8.09. The molecule has 0 amide bonds. The second kappa shape index (κ2) is 5.11. The highest BCUT2D eigenvalue weighted by molar-refractivity contribution is 6.14. The lowest BCUT2D eigenvalue weighted by atomic mass is 9.82. The van der Waals surface area contributed by atoms with Crippen molar-refractivity contribution in [1.29, 1.82) is 0 Å². The van der Waals surface area contributed by atoms with Crippen LogP contribution < -0.4 is 0 Å². The molecule has 0 saturated carbocycles. The molecule has 0 aromatic heterocycles. The van der Waals surface area contributed by atoms with E-state index in [4.69, 9.17) is 4.74 Å². The van der Waals surface area contributed by atoms with Gasteiger partial charge in [-0.3, -0.25) is 0 Å². The number of hydrogen-bond donors (Lipinski definition) is 0. The summed E-state index contributed by atoms with van der Waals surface area (Å²) in [7, 11) is 1.13. The summed E-state index contributed by atoms with van der Waals surface area (Å²) in [5.41, 5.74) is 2.86. The Bertz CT molecular complexity index is 693. The van der Waals surface area contributed by atoms with E-state index < -0.39 is 0 Å². The lowest BCUT2D eigenvalue weighted by Crippen LogP contribution is -2.38. The molecule has 1 saturated heterocycles. The smallest absolute Gasteiger partial charge is 0.0494 e. The number of benzene rings is 2. The maximum Gasteiger partial charge on any atom is 0.0494 e.